The summed E-state index contributed by atoms with van der Waals surface area (Å²) in [5, 5.41) is 11.5. The molecule has 2 aromatic carbocycles. The number of amides is 1. The number of pyridine rings is 1. The van der Waals surface area contributed by atoms with Crippen LogP contribution in [0, 0.1) is 0 Å². The Kier molecular flexibility index (Phi) is 5.92. The number of aliphatic hydroxyl groups excluding tert-OH is 1. The molecule has 0 spiro atoms. The number of aromatic nitrogens is 2. The third kappa shape index (κ3) is 4.00. The standard InChI is InChI=1S/C26H21N3O5S/c1-3-34-18-10-11-19-20(13-18)35-26(28-19)29-22(16-5-4-12-27-14-16)21(24(31)25(29)32)23(30)15-6-8-17(33-2)9-7-15/h4-14,22,30H,3H2,1-2H3. The molecule has 1 aliphatic heterocycles. The van der Waals surface area contributed by atoms with Crippen molar-refractivity contribution in [3.05, 3.63) is 83.7 Å². The number of thiazole rings is 1. The van der Waals surface area contributed by atoms with Crippen LogP contribution in [0.1, 0.15) is 24.1 Å². The van der Waals surface area contributed by atoms with Crippen molar-refractivity contribution in [1.29, 1.82) is 0 Å². The Hall–Kier alpha value is -4.24. The third-order valence-electron chi connectivity index (χ3n) is 5.67. The van der Waals surface area contributed by atoms with E-state index in [0.29, 0.717) is 39.9 Å². The van der Waals surface area contributed by atoms with Crippen LogP contribution in [0.5, 0.6) is 11.5 Å². The predicted molar refractivity (Wildman–Crippen MR) is 133 cm³/mol. The van der Waals surface area contributed by atoms with E-state index >= 15 is 0 Å². The van der Waals surface area contributed by atoms with Crippen LogP contribution in [-0.4, -0.2) is 40.5 Å². The van der Waals surface area contributed by atoms with Gasteiger partial charge in [0, 0.05) is 18.0 Å². The summed E-state index contributed by atoms with van der Waals surface area (Å²) < 4.78 is 11.6. The first-order valence-electron chi connectivity index (χ1n) is 10.9. The summed E-state index contributed by atoms with van der Waals surface area (Å²) in [4.78, 5) is 36.7. The minimum Gasteiger partial charge on any atom is -0.507 e. The highest BCUT2D eigenvalue weighted by atomic mass is 32.1. The average Bonchev–Trinajstić information content (AvgIpc) is 3.42. The second kappa shape index (κ2) is 9.19. The maximum absolute atomic E-state index is 13.3. The van der Waals surface area contributed by atoms with Gasteiger partial charge in [0.2, 0.25) is 0 Å². The van der Waals surface area contributed by atoms with Crippen molar-refractivity contribution in [2.24, 2.45) is 0 Å². The Balaban J connectivity index is 1.66. The monoisotopic (exact) mass is 487 g/mol. The van der Waals surface area contributed by atoms with E-state index in [4.69, 9.17) is 9.47 Å². The molecule has 1 saturated heterocycles. The van der Waals surface area contributed by atoms with E-state index in [9.17, 15) is 14.7 Å². The lowest BCUT2D eigenvalue weighted by Crippen LogP contribution is -2.29. The van der Waals surface area contributed by atoms with Crippen molar-refractivity contribution in [3.8, 4) is 11.5 Å². The second-order valence-corrected chi connectivity index (χ2v) is 8.75. The molecule has 1 atom stereocenters. The van der Waals surface area contributed by atoms with Gasteiger partial charge in [-0.2, -0.15) is 0 Å². The number of nitrogens with zero attached hydrogens (tertiary/aromatic N) is 3. The van der Waals surface area contributed by atoms with Gasteiger partial charge in [0.25, 0.3) is 5.78 Å². The van der Waals surface area contributed by atoms with Crippen molar-refractivity contribution >= 4 is 44.1 Å². The number of methoxy groups -OCH3 is 1. The summed E-state index contributed by atoms with van der Waals surface area (Å²) >= 11 is 1.27. The number of carbonyl (C=O) groups excluding carboxylic acids is 2. The molecule has 1 amide bonds. The lowest BCUT2D eigenvalue weighted by atomic mass is 9.96. The van der Waals surface area contributed by atoms with Crippen LogP contribution in [-0.2, 0) is 9.59 Å². The minimum absolute atomic E-state index is 0.0255. The van der Waals surface area contributed by atoms with Crippen molar-refractivity contribution in [2.45, 2.75) is 13.0 Å². The van der Waals surface area contributed by atoms with Gasteiger partial charge in [-0.3, -0.25) is 19.5 Å². The third-order valence-corrected chi connectivity index (χ3v) is 6.69. The van der Waals surface area contributed by atoms with E-state index in [2.05, 4.69) is 9.97 Å². The molecule has 1 unspecified atom stereocenters. The summed E-state index contributed by atoms with van der Waals surface area (Å²) in [5.41, 5.74) is 1.62. The van der Waals surface area contributed by atoms with E-state index in [0.717, 1.165) is 4.70 Å². The van der Waals surface area contributed by atoms with E-state index in [-0.39, 0.29) is 11.3 Å². The van der Waals surface area contributed by atoms with Gasteiger partial charge < -0.3 is 14.6 Å². The molecule has 35 heavy (non-hydrogen) atoms. The summed E-state index contributed by atoms with van der Waals surface area (Å²) in [6.45, 7) is 2.43. The summed E-state index contributed by atoms with van der Waals surface area (Å²) in [5.74, 6) is -0.534. The molecular formula is C26H21N3O5S. The van der Waals surface area contributed by atoms with Gasteiger partial charge in [0.15, 0.2) is 5.13 Å². The van der Waals surface area contributed by atoms with Gasteiger partial charge in [0.1, 0.15) is 17.3 Å². The van der Waals surface area contributed by atoms with Crippen LogP contribution >= 0.6 is 11.3 Å². The fourth-order valence-corrected chi connectivity index (χ4v) is 5.06. The molecule has 4 aromatic rings. The van der Waals surface area contributed by atoms with Crippen molar-refractivity contribution in [3.63, 3.8) is 0 Å². The highest BCUT2D eigenvalue weighted by Crippen LogP contribution is 2.44. The number of ether oxygens (including phenoxy) is 2. The highest BCUT2D eigenvalue weighted by Gasteiger charge is 2.48. The largest absolute Gasteiger partial charge is 0.507 e. The van der Waals surface area contributed by atoms with Gasteiger partial charge in [-0.25, -0.2) is 4.98 Å². The first-order chi connectivity index (χ1) is 17.0. The predicted octanol–water partition coefficient (Wildman–Crippen LogP) is 4.72. The van der Waals surface area contributed by atoms with Gasteiger partial charge in [-0.1, -0.05) is 17.4 Å². The number of ketones is 1. The maximum atomic E-state index is 13.3. The van der Waals surface area contributed by atoms with E-state index < -0.39 is 17.7 Å². The number of rotatable bonds is 6. The van der Waals surface area contributed by atoms with Gasteiger partial charge in [-0.15, -0.1) is 0 Å². The van der Waals surface area contributed by atoms with Crippen LogP contribution in [0.2, 0.25) is 0 Å². The highest BCUT2D eigenvalue weighted by molar-refractivity contribution is 7.22. The minimum atomic E-state index is -0.891. The van der Waals surface area contributed by atoms with Crippen molar-refractivity contribution in [1.82, 2.24) is 9.97 Å². The Bertz CT molecular complexity index is 1450. The normalized spacial score (nSPS) is 17.2. The molecule has 5 rings (SSSR count). The molecule has 2 aromatic heterocycles. The lowest BCUT2D eigenvalue weighted by molar-refractivity contribution is -0.132. The number of carbonyl (C=O) groups is 2. The molecule has 0 bridgehead atoms. The molecule has 9 heteroatoms. The molecule has 1 fully saturated rings. The zero-order valence-electron chi connectivity index (χ0n) is 19.0. The van der Waals surface area contributed by atoms with E-state index in [1.807, 2.05) is 25.1 Å². The smallest absolute Gasteiger partial charge is 0.301 e. The zero-order valence-corrected chi connectivity index (χ0v) is 19.8. The molecule has 8 nitrogen and oxygen atoms in total. The van der Waals surface area contributed by atoms with E-state index in [1.54, 1.807) is 48.8 Å². The first kappa shape index (κ1) is 22.5. The summed E-state index contributed by atoms with van der Waals surface area (Å²) in [6, 6.07) is 14.7. The zero-order chi connectivity index (χ0) is 24.5. The first-order valence-corrected chi connectivity index (χ1v) is 11.7. The van der Waals surface area contributed by atoms with Crippen LogP contribution in [0.4, 0.5) is 5.13 Å². The van der Waals surface area contributed by atoms with Crippen LogP contribution in [0.3, 0.4) is 0 Å². The quantitative estimate of drug-likeness (QED) is 0.238. The topological polar surface area (TPSA) is 102 Å². The molecule has 3 heterocycles. The number of aliphatic hydroxyl groups is 1. The van der Waals surface area contributed by atoms with Crippen LogP contribution < -0.4 is 14.4 Å². The molecule has 0 aliphatic carbocycles. The summed E-state index contributed by atoms with van der Waals surface area (Å²) in [7, 11) is 1.54. The SMILES string of the molecule is CCOc1ccc2nc(N3C(=O)C(=O)C(=C(O)c4ccc(OC)cc4)C3c3cccnc3)sc2c1. The van der Waals surface area contributed by atoms with Crippen LogP contribution in [0.25, 0.3) is 16.0 Å². The Morgan fingerprint density at radius 2 is 1.89 bits per heavy atom. The van der Waals surface area contributed by atoms with Crippen molar-refractivity contribution in [2.75, 3.05) is 18.6 Å². The Labute approximate surface area is 205 Å². The number of hydrogen-bond acceptors (Lipinski definition) is 8. The lowest BCUT2D eigenvalue weighted by Gasteiger charge is -2.22. The molecular weight excluding hydrogens is 466 g/mol. The fraction of sp³-hybridized carbons (Fsp3) is 0.154. The second-order valence-electron chi connectivity index (χ2n) is 7.74. The van der Waals surface area contributed by atoms with Crippen LogP contribution in [0.15, 0.2) is 72.6 Å². The fourth-order valence-electron chi connectivity index (χ4n) is 4.04. The Morgan fingerprint density at radius 3 is 2.57 bits per heavy atom. The number of hydrogen-bond donors (Lipinski definition) is 1. The van der Waals surface area contributed by atoms with Crippen molar-refractivity contribution < 1.29 is 24.2 Å². The average molecular weight is 488 g/mol. The molecule has 0 saturated carbocycles. The number of benzene rings is 2. The Morgan fingerprint density at radius 1 is 1.11 bits per heavy atom. The number of fused-ring (bicyclic) bond motifs is 1. The van der Waals surface area contributed by atoms with Gasteiger partial charge in [-0.05, 0) is 61.0 Å². The molecule has 0 radical (unpaired) electrons. The molecule has 1 aliphatic rings. The number of Topliss-reactive ketones (excluding diaryl/α,β-unsaturated/α-hetero) is 1. The van der Waals surface area contributed by atoms with Gasteiger partial charge >= 0.3 is 5.91 Å². The number of anilines is 1. The van der Waals surface area contributed by atoms with Gasteiger partial charge in [0.05, 0.1) is 35.5 Å². The summed E-state index contributed by atoms with van der Waals surface area (Å²) in [6.07, 6.45) is 3.18. The molecule has 1 N–H and O–H groups in total. The molecule has 176 valence electrons. The van der Waals surface area contributed by atoms with E-state index in [1.165, 1.54) is 23.3 Å². The maximum Gasteiger partial charge on any atom is 0.301 e.